The summed E-state index contributed by atoms with van der Waals surface area (Å²) in [5, 5.41) is 20.2. The van der Waals surface area contributed by atoms with Gasteiger partial charge >= 0.3 is 11.9 Å². The summed E-state index contributed by atoms with van der Waals surface area (Å²) in [6.07, 6.45) is 34.6. The van der Waals surface area contributed by atoms with Crippen molar-refractivity contribution in [3.8, 4) is 0 Å². The number of quaternary nitrogens is 1. The highest BCUT2D eigenvalue weighted by Crippen LogP contribution is 2.38. The highest BCUT2D eigenvalue weighted by molar-refractivity contribution is 7.45. The van der Waals surface area contributed by atoms with Crippen molar-refractivity contribution in [3.05, 3.63) is 60.8 Å². The average Bonchev–Trinajstić information content (AvgIpc) is 3.13. The van der Waals surface area contributed by atoms with Gasteiger partial charge in [0.1, 0.15) is 19.8 Å². The van der Waals surface area contributed by atoms with Crippen LogP contribution in [0.15, 0.2) is 60.8 Å². The molecular weight excluding hydrogens is 733 g/mol. The Hall–Kier alpha value is -2.37. The van der Waals surface area contributed by atoms with Crippen LogP contribution in [0.1, 0.15) is 142 Å². The number of nitrogens with zero attached hydrogens (tertiary/aromatic N) is 1. The van der Waals surface area contributed by atoms with Gasteiger partial charge in [-0.05, 0) is 57.8 Å². The molecule has 4 atom stereocenters. The lowest BCUT2D eigenvalue weighted by atomic mass is 10.1. The van der Waals surface area contributed by atoms with Gasteiger partial charge in [0.05, 0.1) is 40.0 Å². The molecule has 0 spiro atoms. The van der Waals surface area contributed by atoms with E-state index in [2.05, 4.69) is 26.0 Å². The van der Waals surface area contributed by atoms with Gasteiger partial charge in [0.25, 0.3) is 7.82 Å². The number of esters is 2. The van der Waals surface area contributed by atoms with Crippen molar-refractivity contribution in [1.82, 2.24) is 0 Å². The fourth-order valence-electron chi connectivity index (χ4n) is 5.27. The maximum atomic E-state index is 12.7. The zero-order chi connectivity index (χ0) is 41.8. The van der Waals surface area contributed by atoms with Crippen LogP contribution in [-0.2, 0) is 32.7 Å². The molecular formula is C44H78NO10P. The SMILES string of the molecule is CCCCCC/C=C\CCCCCCCC(=O)OC[C@H](COP(=O)([O-])OCC[N+](C)(C)C)OC(=O)CCC[C@H](O)/C=C/C=C\C/C=C\C=C\[C@H](O)CCCCC. The summed E-state index contributed by atoms with van der Waals surface area (Å²) in [5.41, 5.74) is 0. The number of likely N-dealkylation sites (N-methyl/N-ethyl adjacent to an activating group) is 1. The number of aliphatic hydroxyl groups excluding tert-OH is 2. The maximum absolute atomic E-state index is 12.7. The second-order valence-electron chi connectivity index (χ2n) is 15.4. The monoisotopic (exact) mass is 812 g/mol. The summed E-state index contributed by atoms with van der Waals surface area (Å²) in [6.45, 7) is 3.81. The lowest BCUT2D eigenvalue weighted by molar-refractivity contribution is -0.870. The van der Waals surface area contributed by atoms with Crippen molar-refractivity contribution in [2.24, 2.45) is 0 Å². The van der Waals surface area contributed by atoms with Crippen LogP contribution in [0.25, 0.3) is 0 Å². The van der Waals surface area contributed by atoms with Crippen LogP contribution in [-0.4, -0.2) is 92.5 Å². The second kappa shape index (κ2) is 35.8. The molecule has 0 fully saturated rings. The van der Waals surface area contributed by atoms with Crippen molar-refractivity contribution in [2.75, 3.05) is 47.5 Å². The Morgan fingerprint density at radius 3 is 1.80 bits per heavy atom. The molecule has 0 aliphatic carbocycles. The molecule has 0 aromatic heterocycles. The number of unbranched alkanes of at least 4 members (excludes halogenated alkanes) is 11. The van der Waals surface area contributed by atoms with Crippen molar-refractivity contribution >= 4 is 19.8 Å². The number of hydrogen-bond acceptors (Lipinski definition) is 10. The number of phosphoric ester groups is 1. The Balaban J connectivity index is 4.67. The number of phosphoric acid groups is 1. The van der Waals surface area contributed by atoms with E-state index in [1.807, 2.05) is 51.5 Å². The predicted molar refractivity (Wildman–Crippen MR) is 225 cm³/mol. The van der Waals surface area contributed by atoms with Gasteiger partial charge in [-0.25, -0.2) is 0 Å². The lowest BCUT2D eigenvalue weighted by Gasteiger charge is -2.28. The Morgan fingerprint density at radius 1 is 0.661 bits per heavy atom. The predicted octanol–water partition coefficient (Wildman–Crippen LogP) is 8.99. The van der Waals surface area contributed by atoms with Gasteiger partial charge < -0.3 is 38.1 Å². The molecule has 0 aromatic carbocycles. The number of aliphatic hydroxyl groups is 2. The van der Waals surface area contributed by atoms with Crippen molar-refractivity contribution < 1.29 is 52.3 Å². The molecule has 0 saturated carbocycles. The Labute approximate surface area is 340 Å². The third-order valence-electron chi connectivity index (χ3n) is 8.72. The Bertz CT molecular complexity index is 1180. The summed E-state index contributed by atoms with van der Waals surface area (Å²) >= 11 is 0. The minimum absolute atomic E-state index is 0.0272. The van der Waals surface area contributed by atoms with Gasteiger partial charge in [-0.15, -0.1) is 0 Å². The van der Waals surface area contributed by atoms with Gasteiger partial charge in [0.15, 0.2) is 6.10 Å². The van der Waals surface area contributed by atoms with Crippen LogP contribution in [0.2, 0.25) is 0 Å². The Kier molecular flexibility index (Phi) is 34.3. The fourth-order valence-corrected chi connectivity index (χ4v) is 6.00. The number of ether oxygens (including phenoxy) is 2. The molecule has 0 rings (SSSR count). The zero-order valence-corrected chi connectivity index (χ0v) is 36.4. The number of carbonyl (C=O) groups is 2. The molecule has 0 saturated heterocycles. The molecule has 11 nitrogen and oxygen atoms in total. The lowest BCUT2D eigenvalue weighted by Crippen LogP contribution is -2.37. The minimum atomic E-state index is -4.69. The molecule has 0 radical (unpaired) electrons. The van der Waals surface area contributed by atoms with Gasteiger partial charge in [-0.2, -0.15) is 0 Å². The van der Waals surface area contributed by atoms with E-state index in [9.17, 15) is 29.3 Å². The number of allylic oxidation sites excluding steroid dienone is 8. The van der Waals surface area contributed by atoms with Crippen molar-refractivity contribution in [2.45, 2.75) is 161 Å². The normalized spacial score (nSPS) is 15.4. The molecule has 0 aromatic rings. The third-order valence-corrected chi connectivity index (χ3v) is 9.68. The van der Waals surface area contributed by atoms with Gasteiger partial charge in [-0.1, -0.05) is 132 Å². The summed E-state index contributed by atoms with van der Waals surface area (Å²) in [5.74, 6) is -1.08. The van der Waals surface area contributed by atoms with E-state index in [0.29, 0.717) is 36.7 Å². The zero-order valence-electron chi connectivity index (χ0n) is 35.5. The van der Waals surface area contributed by atoms with Gasteiger partial charge in [0.2, 0.25) is 0 Å². The van der Waals surface area contributed by atoms with Gasteiger partial charge in [0, 0.05) is 12.8 Å². The maximum Gasteiger partial charge on any atom is 0.306 e. The molecule has 2 N–H and O–H groups in total. The second-order valence-corrected chi connectivity index (χ2v) is 16.8. The van der Waals surface area contributed by atoms with Crippen LogP contribution in [0.4, 0.5) is 0 Å². The molecule has 56 heavy (non-hydrogen) atoms. The largest absolute Gasteiger partial charge is 0.756 e. The molecule has 324 valence electrons. The molecule has 0 amide bonds. The van der Waals surface area contributed by atoms with Gasteiger partial charge in [-0.3, -0.25) is 14.2 Å². The van der Waals surface area contributed by atoms with Crippen LogP contribution in [0, 0.1) is 0 Å². The highest BCUT2D eigenvalue weighted by Gasteiger charge is 2.22. The van der Waals surface area contributed by atoms with Crippen LogP contribution in [0.5, 0.6) is 0 Å². The van der Waals surface area contributed by atoms with Crippen LogP contribution >= 0.6 is 7.82 Å². The number of hydrogen-bond donors (Lipinski definition) is 2. The molecule has 0 aliphatic rings. The van der Waals surface area contributed by atoms with E-state index in [0.717, 1.165) is 64.2 Å². The first-order valence-electron chi connectivity index (χ1n) is 21.2. The summed E-state index contributed by atoms with van der Waals surface area (Å²) in [4.78, 5) is 37.5. The first-order chi connectivity index (χ1) is 26.8. The molecule has 1 unspecified atom stereocenters. The highest BCUT2D eigenvalue weighted by atomic mass is 31.2. The van der Waals surface area contributed by atoms with E-state index in [1.54, 1.807) is 18.2 Å². The number of rotatable bonds is 37. The smallest absolute Gasteiger partial charge is 0.306 e. The van der Waals surface area contributed by atoms with E-state index in [1.165, 1.54) is 25.7 Å². The number of carbonyl (C=O) groups excluding carboxylic acids is 2. The van der Waals surface area contributed by atoms with E-state index >= 15 is 0 Å². The van der Waals surface area contributed by atoms with E-state index in [-0.39, 0.29) is 26.1 Å². The van der Waals surface area contributed by atoms with E-state index < -0.39 is 44.7 Å². The standard InChI is InChI=1S/C44H78NO10P/c1-6-8-10-11-12-13-14-15-16-17-21-24-28-34-43(48)52-38-42(39-54-56(50,51)53-37-36-45(3,4)5)55-44(49)35-29-33-41(47)32-27-23-20-18-19-22-26-31-40(46)30-25-9-7-2/h13-14,19-20,22-23,26-27,31-32,40-42,46-47H,6-12,15-18,21,24-25,28-30,33-39H2,1-5H3/b14-13-,22-19-,23-20-,31-26+,32-27+/t40-,41-,42-/m1/s1. The minimum Gasteiger partial charge on any atom is -0.756 e. The first kappa shape index (κ1) is 53.6. The topological polar surface area (TPSA) is 152 Å². The average molecular weight is 812 g/mol. The first-order valence-corrected chi connectivity index (χ1v) is 22.7. The quantitative estimate of drug-likeness (QED) is 0.0155. The summed E-state index contributed by atoms with van der Waals surface area (Å²) in [6, 6.07) is 0. The van der Waals surface area contributed by atoms with E-state index in [4.69, 9.17) is 18.5 Å². The van der Waals surface area contributed by atoms with Crippen LogP contribution in [0.3, 0.4) is 0 Å². The molecule has 0 aliphatic heterocycles. The third kappa shape index (κ3) is 38.5. The Morgan fingerprint density at radius 2 is 1.20 bits per heavy atom. The molecule has 0 heterocycles. The fraction of sp³-hybridized carbons (Fsp3) is 0.727. The van der Waals surface area contributed by atoms with Crippen molar-refractivity contribution in [1.29, 1.82) is 0 Å². The molecule has 12 heteroatoms. The summed E-state index contributed by atoms with van der Waals surface area (Å²) in [7, 11) is 1.01. The van der Waals surface area contributed by atoms with Crippen molar-refractivity contribution in [3.63, 3.8) is 0 Å². The molecule has 0 bridgehead atoms. The van der Waals surface area contributed by atoms with Crippen LogP contribution < -0.4 is 4.89 Å². The summed E-state index contributed by atoms with van der Waals surface area (Å²) < 4.78 is 33.6.